The highest BCUT2D eigenvalue weighted by Crippen LogP contribution is 2.36. The molecule has 78 valence electrons. The Labute approximate surface area is 101 Å². The molecule has 2 unspecified atom stereocenters. The van der Waals surface area contributed by atoms with E-state index in [1.54, 1.807) is 0 Å². The molecule has 1 saturated heterocycles. The molecule has 0 aliphatic carbocycles. The van der Waals surface area contributed by atoms with Crippen LogP contribution < -0.4 is 0 Å². The Morgan fingerprint density at radius 2 is 2.29 bits per heavy atom. The maximum Gasteiger partial charge on any atom is 0.101 e. The minimum absolute atomic E-state index is 0.337. The summed E-state index contributed by atoms with van der Waals surface area (Å²) >= 11 is 11.1. The quantitative estimate of drug-likeness (QED) is 0.887. The number of aliphatic hydroxyl groups is 1. The lowest BCUT2D eigenvalue weighted by Gasteiger charge is -2.24. The maximum atomic E-state index is 10.1. The van der Waals surface area contributed by atoms with Gasteiger partial charge in [0, 0.05) is 27.4 Å². The van der Waals surface area contributed by atoms with Crippen LogP contribution in [0, 0.1) is 0 Å². The Morgan fingerprint density at radius 3 is 2.86 bits per heavy atom. The monoisotopic (exact) mass is 266 g/mol. The Morgan fingerprint density at radius 1 is 1.43 bits per heavy atom. The van der Waals surface area contributed by atoms with Crippen molar-refractivity contribution in [3.8, 4) is 0 Å². The normalized spacial score (nSPS) is 24.9. The molecule has 2 rings (SSSR count). The first-order valence-electron chi connectivity index (χ1n) is 4.40. The highest BCUT2D eigenvalue weighted by molar-refractivity contribution is 8.06. The Bertz CT molecular complexity index is 296. The van der Waals surface area contributed by atoms with Crippen LogP contribution in [0.1, 0.15) is 11.0 Å². The lowest BCUT2D eigenvalue weighted by molar-refractivity contribution is 0.184. The van der Waals surface area contributed by atoms with Gasteiger partial charge in [-0.3, -0.25) is 0 Å². The third kappa shape index (κ3) is 2.61. The fourth-order valence-electron chi connectivity index (χ4n) is 1.36. The van der Waals surface area contributed by atoms with E-state index in [-0.39, 0.29) is 6.10 Å². The molecular weight excluding hydrogens is 256 g/mol. The largest absolute Gasteiger partial charge is 0.386 e. The van der Waals surface area contributed by atoms with Crippen molar-refractivity contribution < 1.29 is 5.11 Å². The lowest BCUT2D eigenvalue weighted by Crippen LogP contribution is -2.21. The average molecular weight is 267 g/mol. The Kier molecular flexibility index (Phi) is 4.08. The molecule has 2 atom stereocenters. The molecule has 1 N–H and O–H groups in total. The van der Waals surface area contributed by atoms with E-state index in [0.29, 0.717) is 5.25 Å². The van der Waals surface area contributed by atoms with Crippen molar-refractivity contribution in [2.75, 3.05) is 17.3 Å². The van der Waals surface area contributed by atoms with E-state index in [1.807, 2.05) is 35.7 Å². The predicted molar refractivity (Wildman–Crippen MR) is 67.9 cm³/mol. The van der Waals surface area contributed by atoms with E-state index < -0.39 is 0 Å². The van der Waals surface area contributed by atoms with E-state index in [4.69, 9.17) is 11.6 Å². The van der Waals surface area contributed by atoms with E-state index >= 15 is 0 Å². The van der Waals surface area contributed by atoms with Crippen molar-refractivity contribution in [2.24, 2.45) is 0 Å². The van der Waals surface area contributed by atoms with Crippen molar-refractivity contribution in [3.05, 3.63) is 21.3 Å². The van der Waals surface area contributed by atoms with Crippen LogP contribution in [-0.4, -0.2) is 27.6 Å². The minimum atomic E-state index is -0.342. The van der Waals surface area contributed by atoms with Gasteiger partial charge in [-0.15, -0.1) is 11.3 Å². The molecule has 1 aromatic rings. The molecule has 0 saturated carbocycles. The highest BCUT2D eigenvalue weighted by atomic mass is 35.5. The van der Waals surface area contributed by atoms with Gasteiger partial charge in [0.05, 0.1) is 4.34 Å². The van der Waals surface area contributed by atoms with E-state index in [9.17, 15) is 5.11 Å². The first-order chi connectivity index (χ1) is 6.77. The van der Waals surface area contributed by atoms with Crippen LogP contribution in [0.15, 0.2) is 12.1 Å². The summed E-state index contributed by atoms with van der Waals surface area (Å²) in [4.78, 5) is 0.995. The zero-order chi connectivity index (χ0) is 9.97. The Hall–Kier alpha value is 0.650. The Balaban J connectivity index is 2.03. The SMILES string of the molecule is OC(c1ccc(Cl)s1)C1CSCCS1. The van der Waals surface area contributed by atoms with Gasteiger partial charge in [-0.25, -0.2) is 0 Å². The predicted octanol–water partition coefficient (Wildman–Crippen LogP) is 3.28. The van der Waals surface area contributed by atoms with Gasteiger partial charge < -0.3 is 5.11 Å². The number of thiophene rings is 1. The van der Waals surface area contributed by atoms with Gasteiger partial charge in [-0.2, -0.15) is 23.5 Å². The van der Waals surface area contributed by atoms with Crippen molar-refractivity contribution in [3.63, 3.8) is 0 Å². The van der Waals surface area contributed by atoms with Gasteiger partial charge in [-0.1, -0.05) is 11.6 Å². The topological polar surface area (TPSA) is 20.2 Å². The molecule has 1 fully saturated rings. The zero-order valence-corrected chi connectivity index (χ0v) is 10.7. The highest BCUT2D eigenvalue weighted by Gasteiger charge is 2.24. The molecule has 1 aliphatic rings. The summed E-state index contributed by atoms with van der Waals surface area (Å²) in [5, 5.41) is 10.4. The van der Waals surface area contributed by atoms with Crippen molar-refractivity contribution in [1.82, 2.24) is 0 Å². The minimum Gasteiger partial charge on any atom is -0.386 e. The van der Waals surface area contributed by atoms with Gasteiger partial charge in [0.25, 0.3) is 0 Å². The van der Waals surface area contributed by atoms with Crippen LogP contribution in [0.5, 0.6) is 0 Å². The average Bonchev–Trinajstić information content (AvgIpc) is 2.65. The third-order valence-electron chi connectivity index (χ3n) is 2.08. The van der Waals surface area contributed by atoms with Gasteiger partial charge in [-0.05, 0) is 12.1 Å². The second-order valence-corrected chi connectivity index (χ2v) is 7.31. The smallest absolute Gasteiger partial charge is 0.101 e. The van der Waals surface area contributed by atoms with Crippen LogP contribution in [-0.2, 0) is 0 Å². The fourth-order valence-corrected chi connectivity index (χ4v) is 5.30. The summed E-state index contributed by atoms with van der Waals surface area (Å²) in [6.45, 7) is 0. The van der Waals surface area contributed by atoms with E-state index in [0.717, 1.165) is 20.7 Å². The molecular formula is C9H11ClOS3. The first kappa shape index (κ1) is 11.1. The van der Waals surface area contributed by atoms with Gasteiger partial charge >= 0.3 is 0 Å². The molecule has 0 aromatic carbocycles. The molecule has 1 aromatic heterocycles. The van der Waals surface area contributed by atoms with Gasteiger partial charge in [0.15, 0.2) is 0 Å². The zero-order valence-electron chi connectivity index (χ0n) is 7.48. The van der Waals surface area contributed by atoms with Crippen LogP contribution >= 0.6 is 46.5 Å². The van der Waals surface area contributed by atoms with Crippen molar-refractivity contribution in [1.29, 1.82) is 0 Å². The summed E-state index contributed by atoms with van der Waals surface area (Å²) in [5.41, 5.74) is 0. The van der Waals surface area contributed by atoms with Gasteiger partial charge in [0.2, 0.25) is 0 Å². The van der Waals surface area contributed by atoms with Gasteiger partial charge in [0.1, 0.15) is 6.10 Å². The lowest BCUT2D eigenvalue weighted by atomic mass is 10.2. The second-order valence-electron chi connectivity index (χ2n) is 3.07. The molecule has 0 radical (unpaired) electrons. The fraction of sp³-hybridized carbons (Fsp3) is 0.556. The maximum absolute atomic E-state index is 10.1. The summed E-state index contributed by atoms with van der Waals surface area (Å²) in [7, 11) is 0. The molecule has 1 aliphatic heterocycles. The molecule has 14 heavy (non-hydrogen) atoms. The number of hydrogen-bond acceptors (Lipinski definition) is 4. The van der Waals surface area contributed by atoms with Crippen LogP contribution in [0.4, 0.5) is 0 Å². The third-order valence-corrected chi connectivity index (χ3v) is 6.23. The standard InChI is InChI=1S/C9H11ClOS3/c10-8-2-1-6(14-8)9(11)7-5-12-3-4-13-7/h1-2,7,9,11H,3-5H2. The van der Waals surface area contributed by atoms with Crippen molar-refractivity contribution in [2.45, 2.75) is 11.4 Å². The second kappa shape index (κ2) is 5.12. The number of rotatable bonds is 2. The summed E-state index contributed by atoms with van der Waals surface area (Å²) in [6.07, 6.45) is -0.342. The van der Waals surface area contributed by atoms with Crippen molar-refractivity contribution >= 4 is 46.5 Å². The number of halogens is 1. The van der Waals surface area contributed by atoms with Crippen LogP contribution in [0.25, 0.3) is 0 Å². The van der Waals surface area contributed by atoms with E-state index in [2.05, 4.69) is 0 Å². The molecule has 5 heteroatoms. The number of aliphatic hydroxyl groups excluding tert-OH is 1. The number of thioether (sulfide) groups is 2. The number of hydrogen-bond donors (Lipinski definition) is 1. The molecule has 1 nitrogen and oxygen atoms in total. The summed E-state index contributed by atoms with van der Waals surface area (Å²) < 4.78 is 0.757. The van der Waals surface area contributed by atoms with E-state index in [1.165, 1.54) is 17.1 Å². The molecule has 0 bridgehead atoms. The molecule has 0 amide bonds. The molecule has 0 spiro atoms. The summed E-state index contributed by atoms with van der Waals surface area (Å²) in [6, 6.07) is 3.78. The van der Waals surface area contributed by atoms with Crippen LogP contribution in [0.3, 0.4) is 0 Å². The first-order valence-corrected chi connectivity index (χ1v) is 7.80. The van der Waals surface area contributed by atoms with Crippen LogP contribution in [0.2, 0.25) is 4.34 Å². The summed E-state index contributed by atoms with van der Waals surface area (Å²) in [5.74, 6) is 3.39. The molecule has 2 heterocycles.